The van der Waals surface area contributed by atoms with Gasteiger partial charge in [-0.3, -0.25) is 9.59 Å². The van der Waals surface area contributed by atoms with Crippen LogP contribution in [-0.4, -0.2) is 41.4 Å². The number of rotatable bonds is 9. The van der Waals surface area contributed by atoms with Gasteiger partial charge in [-0.1, -0.05) is 0 Å². The van der Waals surface area contributed by atoms with E-state index in [1.165, 1.54) is 30.3 Å². The van der Waals surface area contributed by atoms with E-state index in [4.69, 9.17) is 16.2 Å². The number of hydrogen-bond donors (Lipinski definition) is 4. The predicted octanol–water partition coefficient (Wildman–Crippen LogP) is 1.66. The Hall–Kier alpha value is -4.05. The lowest BCUT2D eigenvalue weighted by Gasteiger charge is -2.16. The van der Waals surface area contributed by atoms with Crippen molar-refractivity contribution in [2.45, 2.75) is 6.04 Å². The maximum atomic E-state index is 13.0. The van der Waals surface area contributed by atoms with E-state index >= 15 is 0 Å². The SMILES string of the molecule is CNCC(Nc1cc(C(N)=O)nc(-c2ccc(Oc3ccc(F)cc3)cc2)n1)C(N)=O. The molecule has 0 aliphatic rings. The second kappa shape index (κ2) is 9.63. The number of hydrogen-bond acceptors (Lipinski definition) is 7. The summed E-state index contributed by atoms with van der Waals surface area (Å²) in [6.07, 6.45) is 0. The molecular weight excluding hydrogens is 403 g/mol. The van der Waals surface area contributed by atoms with Gasteiger partial charge in [0, 0.05) is 18.2 Å². The first-order valence-corrected chi connectivity index (χ1v) is 9.29. The van der Waals surface area contributed by atoms with Crippen LogP contribution >= 0.6 is 0 Å². The quantitative estimate of drug-likeness (QED) is 0.409. The minimum Gasteiger partial charge on any atom is -0.457 e. The second-order valence-corrected chi connectivity index (χ2v) is 6.56. The van der Waals surface area contributed by atoms with Crippen molar-refractivity contribution in [1.82, 2.24) is 15.3 Å². The molecule has 1 heterocycles. The molecule has 6 N–H and O–H groups in total. The average Bonchev–Trinajstić information content (AvgIpc) is 2.75. The van der Waals surface area contributed by atoms with E-state index in [1.807, 2.05) is 0 Å². The summed E-state index contributed by atoms with van der Waals surface area (Å²) in [6.45, 7) is 0.260. The number of likely N-dealkylation sites (N-methyl/N-ethyl adjacent to an activating group) is 1. The largest absolute Gasteiger partial charge is 0.457 e. The maximum absolute atomic E-state index is 13.0. The normalized spacial score (nSPS) is 11.5. The monoisotopic (exact) mass is 424 g/mol. The molecule has 2 amide bonds. The Morgan fingerprint density at radius 3 is 2.19 bits per heavy atom. The van der Waals surface area contributed by atoms with Crippen molar-refractivity contribution in [3.8, 4) is 22.9 Å². The van der Waals surface area contributed by atoms with E-state index in [0.29, 0.717) is 17.1 Å². The highest BCUT2D eigenvalue weighted by Crippen LogP contribution is 2.25. The fraction of sp³-hybridized carbons (Fsp3) is 0.143. The summed E-state index contributed by atoms with van der Waals surface area (Å²) in [5.41, 5.74) is 11.4. The van der Waals surface area contributed by atoms with Crippen molar-refractivity contribution < 1.29 is 18.7 Å². The predicted molar refractivity (Wildman–Crippen MR) is 113 cm³/mol. The molecule has 0 saturated carbocycles. The average molecular weight is 424 g/mol. The van der Waals surface area contributed by atoms with Gasteiger partial charge in [0.2, 0.25) is 5.91 Å². The number of ether oxygens (including phenoxy) is 1. The molecule has 160 valence electrons. The van der Waals surface area contributed by atoms with Crippen LogP contribution in [0, 0.1) is 5.82 Å². The Morgan fingerprint density at radius 2 is 1.65 bits per heavy atom. The number of primary amides is 2. The van der Waals surface area contributed by atoms with E-state index in [0.717, 1.165) is 0 Å². The van der Waals surface area contributed by atoms with Crippen LogP contribution in [0.5, 0.6) is 11.5 Å². The molecule has 0 saturated heterocycles. The van der Waals surface area contributed by atoms with Crippen LogP contribution in [0.25, 0.3) is 11.4 Å². The van der Waals surface area contributed by atoms with Crippen LogP contribution < -0.4 is 26.8 Å². The molecule has 31 heavy (non-hydrogen) atoms. The van der Waals surface area contributed by atoms with Crippen molar-refractivity contribution in [3.05, 3.63) is 66.1 Å². The number of nitrogens with zero attached hydrogens (tertiary/aromatic N) is 2. The number of halogens is 1. The van der Waals surface area contributed by atoms with Gasteiger partial charge in [0.25, 0.3) is 5.91 Å². The molecule has 10 heteroatoms. The summed E-state index contributed by atoms with van der Waals surface area (Å²) in [6, 6.07) is 13.0. The minimum atomic E-state index is -0.750. The number of carbonyl (C=O) groups excluding carboxylic acids is 2. The number of benzene rings is 2. The number of amides is 2. The molecule has 3 rings (SSSR count). The zero-order chi connectivity index (χ0) is 22.4. The fourth-order valence-corrected chi connectivity index (χ4v) is 2.69. The summed E-state index contributed by atoms with van der Waals surface area (Å²) in [7, 11) is 1.67. The third kappa shape index (κ3) is 5.73. The van der Waals surface area contributed by atoms with Gasteiger partial charge in [-0.15, -0.1) is 0 Å². The van der Waals surface area contributed by atoms with Crippen LogP contribution in [0.4, 0.5) is 10.2 Å². The molecule has 1 unspecified atom stereocenters. The Morgan fingerprint density at radius 1 is 1.03 bits per heavy atom. The van der Waals surface area contributed by atoms with Gasteiger partial charge in [-0.05, 0) is 55.6 Å². The van der Waals surface area contributed by atoms with E-state index in [1.54, 1.807) is 31.3 Å². The number of carbonyl (C=O) groups is 2. The summed E-state index contributed by atoms with van der Waals surface area (Å²) in [5, 5.41) is 5.73. The topological polar surface area (TPSA) is 145 Å². The molecule has 0 radical (unpaired) electrons. The number of nitrogens with two attached hydrogens (primary N) is 2. The first kappa shape index (κ1) is 21.7. The Labute approximate surface area is 177 Å². The zero-order valence-corrected chi connectivity index (χ0v) is 16.6. The molecule has 9 nitrogen and oxygen atoms in total. The molecule has 0 bridgehead atoms. The first-order chi connectivity index (χ1) is 14.9. The molecule has 1 aromatic heterocycles. The van der Waals surface area contributed by atoms with Gasteiger partial charge in [-0.25, -0.2) is 14.4 Å². The molecule has 0 spiro atoms. The van der Waals surface area contributed by atoms with Crippen LogP contribution in [0.2, 0.25) is 0 Å². The molecule has 1 atom stereocenters. The number of aromatic nitrogens is 2. The lowest BCUT2D eigenvalue weighted by Crippen LogP contribution is -2.42. The molecule has 3 aromatic rings. The van der Waals surface area contributed by atoms with Crippen molar-refractivity contribution in [2.24, 2.45) is 11.5 Å². The van der Waals surface area contributed by atoms with E-state index in [9.17, 15) is 14.0 Å². The van der Waals surface area contributed by atoms with Crippen LogP contribution in [0.15, 0.2) is 54.6 Å². The lowest BCUT2D eigenvalue weighted by atomic mass is 10.2. The fourth-order valence-electron chi connectivity index (χ4n) is 2.69. The summed E-state index contributed by atoms with van der Waals surface area (Å²) < 4.78 is 18.7. The van der Waals surface area contributed by atoms with Crippen molar-refractivity contribution in [1.29, 1.82) is 0 Å². The molecule has 2 aromatic carbocycles. The van der Waals surface area contributed by atoms with Gasteiger partial charge < -0.3 is 26.8 Å². The molecule has 0 fully saturated rings. The van der Waals surface area contributed by atoms with Gasteiger partial charge in [0.05, 0.1) is 0 Å². The zero-order valence-electron chi connectivity index (χ0n) is 16.6. The van der Waals surface area contributed by atoms with Crippen LogP contribution in [-0.2, 0) is 4.79 Å². The van der Waals surface area contributed by atoms with Gasteiger partial charge in [0.1, 0.15) is 34.9 Å². The van der Waals surface area contributed by atoms with E-state index < -0.39 is 17.9 Å². The third-order valence-electron chi connectivity index (χ3n) is 4.21. The van der Waals surface area contributed by atoms with Gasteiger partial charge >= 0.3 is 0 Å². The molecular formula is C21H21FN6O3. The first-order valence-electron chi connectivity index (χ1n) is 9.29. The van der Waals surface area contributed by atoms with Gasteiger partial charge in [0.15, 0.2) is 5.82 Å². The van der Waals surface area contributed by atoms with Crippen LogP contribution in [0.3, 0.4) is 0 Å². The maximum Gasteiger partial charge on any atom is 0.267 e. The highest BCUT2D eigenvalue weighted by atomic mass is 19.1. The smallest absolute Gasteiger partial charge is 0.267 e. The standard InChI is InChI=1S/C21H21FN6O3/c1-25-11-17(20(24)30)26-18-10-16(19(23)29)27-21(28-18)12-2-6-14(7-3-12)31-15-8-4-13(22)5-9-15/h2-10,17,25H,11H2,1H3,(H2,23,29)(H2,24,30)(H,26,27,28). The second-order valence-electron chi connectivity index (χ2n) is 6.56. The summed E-state index contributed by atoms with van der Waals surface area (Å²) in [4.78, 5) is 31.9. The van der Waals surface area contributed by atoms with Crippen molar-refractivity contribution >= 4 is 17.6 Å². The van der Waals surface area contributed by atoms with Crippen molar-refractivity contribution in [2.75, 3.05) is 18.9 Å². The Balaban J connectivity index is 1.86. The minimum absolute atomic E-state index is 0.0215. The van der Waals surface area contributed by atoms with E-state index in [2.05, 4.69) is 20.6 Å². The molecule has 0 aliphatic heterocycles. The highest BCUT2D eigenvalue weighted by molar-refractivity contribution is 5.92. The third-order valence-corrected chi connectivity index (χ3v) is 4.21. The Kier molecular flexibility index (Phi) is 6.73. The van der Waals surface area contributed by atoms with Crippen LogP contribution in [0.1, 0.15) is 10.5 Å². The van der Waals surface area contributed by atoms with Crippen molar-refractivity contribution in [3.63, 3.8) is 0 Å². The lowest BCUT2D eigenvalue weighted by molar-refractivity contribution is -0.118. The van der Waals surface area contributed by atoms with E-state index in [-0.39, 0.29) is 29.7 Å². The summed E-state index contributed by atoms with van der Waals surface area (Å²) in [5.74, 6) is -0.238. The Bertz CT molecular complexity index is 1070. The highest BCUT2D eigenvalue weighted by Gasteiger charge is 2.17. The van der Waals surface area contributed by atoms with Gasteiger partial charge in [-0.2, -0.15) is 0 Å². The summed E-state index contributed by atoms with van der Waals surface area (Å²) >= 11 is 0. The number of nitrogens with one attached hydrogen (secondary N) is 2. The molecule has 0 aliphatic carbocycles. The number of anilines is 1.